The molecule has 1 unspecified atom stereocenters. The molecule has 0 saturated carbocycles. The number of likely N-dealkylation sites (N-methyl/N-ethyl adjacent to an activating group) is 1. The van der Waals surface area contributed by atoms with Gasteiger partial charge in [-0.2, -0.15) is 9.58 Å². The molecular weight excluding hydrogens is 368 g/mol. The van der Waals surface area contributed by atoms with E-state index in [-0.39, 0.29) is 12.7 Å². The molecule has 2 aliphatic rings. The Morgan fingerprint density at radius 2 is 1.86 bits per heavy atom. The minimum atomic E-state index is -0.254. The van der Waals surface area contributed by atoms with E-state index in [1.807, 2.05) is 24.3 Å². The van der Waals surface area contributed by atoms with Gasteiger partial charge < -0.3 is 31.1 Å². The first-order valence-corrected chi connectivity index (χ1v) is 9.93. The highest BCUT2D eigenvalue weighted by atomic mass is 16.5. The van der Waals surface area contributed by atoms with Crippen molar-refractivity contribution in [3.8, 4) is 0 Å². The maximum absolute atomic E-state index is 8.75. The lowest BCUT2D eigenvalue weighted by Gasteiger charge is -2.24. The number of hydrogen-bond donors (Lipinski definition) is 2. The predicted molar refractivity (Wildman–Crippen MR) is 114 cm³/mol. The lowest BCUT2D eigenvalue weighted by molar-refractivity contribution is -0.0186. The van der Waals surface area contributed by atoms with Gasteiger partial charge in [0.15, 0.2) is 6.10 Å². The fraction of sp³-hybridized carbons (Fsp3) is 0.524. The van der Waals surface area contributed by atoms with Crippen molar-refractivity contribution in [2.45, 2.75) is 39.7 Å². The molecule has 0 aromatic carbocycles. The first-order chi connectivity index (χ1) is 14.1. The van der Waals surface area contributed by atoms with Crippen molar-refractivity contribution in [3.63, 3.8) is 0 Å². The summed E-state index contributed by atoms with van der Waals surface area (Å²) in [5.74, 6) is 0. The molecular formula is C21H32N6O2. The number of ether oxygens (including phenoxy) is 1. The van der Waals surface area contributed by atoms with E-state index >= 15 is 0 Å². The Hall–Kier alpha value is -2.76. The highest BCUT2D eigenvalue weighted by Gasteiger charge is 2.23. The molecule has 2 rings (SSSR count). The topological polar surface area (TPSA) is 118 Å². The van der Waals surface area contributed by atoms with Gasteiger partial charge >= 0.3 is 5.71 Å². The van der Waals surface area contributed by atoms with Crippen molar-refractivity contribution < 1.29 is 19.4 Å². The second-order valence-corrected chi connectivity index (χ2v) is 6.39. The molecule has 0 saturated heterocycles. The van der Waals surface area contributed by atoms with Gasteiger partial charge in [0.2, 0.25) is 0 Å². The fourth-order valence-corrected chi connectivity index (χ4v) is 3.07. The van der Waals surface area contributed by atoms with Gasteiger partial charge in [-0.1, -0.05) is 6.92 Å². The van der Waals surface area contributed by atoms with Crippen molar-refractivity contribution in [1.29, 1.82) is 0 Å². The van der Waals surface area contributed by atoms with Crippen LogP contribution in [0.4, 0.5) is 0 Å². The molecule has 0 heterocycles. The minimum Gasteiger partial charge on any atom is -0.395 e. The average Bonchev–Trinajstić information content (AvgIpc) is 2.78. The standard InChI is InChI=1S/C11H17N3O.C10H15N3O/c1-4-14(5-2)9-6-7-10(13-12)11(8-9)15-3;1-2-8-3-4-9(13-11)7-10(8)12-5-6-14/h6-8,11H,4-5H2,1-3H3;3-4,12,14H,2,5-7H2,1H3. The number of hydrogen-bond acceptors (Lipinski definition) is 4. The van der Waals surface area contributed by atoms with E-state index in [9.17, 15) is 0 Å². The molecule has 0 aromatic heterocycles. The Morgan fingerprint density at radius 1 is 1.14 bits per heavy atom. The molecule has 2 aliphatic carbocycles. The van der Waals surface area contributed by atoms with Gasteiger partial charge in [-0.15, -0.1) is 0 Å². The van der Waals surface area contributed by atoms with E-state index in [1.54, 1.807) is 13.2 Å². The molecule has 0 aromatic rings. The summed E-state index contributed by atoms with van der Waals surface area (Å²) in [4.78, 5) is 8.57. The second kappa shape index (κ2) is 13.4. The quantitative estimate of drug-likeness (QED) is 0.480. The largest absolute Gasteiger partial charge is 0.395 e. The van der Waals surface area contributed by atoms with Crippen molar-refractivity contribution in [3.05, 3.63) is 58.4 Å². The van der Waals surface area contributed by atoms with E-state index < -0.39 is 0 Å². The second-order valence-electron chi connectivity index (χ2n) is 6.39. The van der Waals surface area contributed by atoms with Crippen LogP contribution in [-0.2, 0) is 4.74 Å². The SMILES string of the molecule is CCC1=C(NCCO)CC(=[N+]=[N-])C=C1.CCN(CC)C1=CC(OC)C(=[N+]=[N-])C=C1. The number of aliphatic hydroxyl groups excluding tert-OH is 1. The molecule has 0 amide bonds. The third kappa shape index (κ3) is 7.29. The van der Waals surface area contributed by atoms with Crippen LogP contribution in [0.1, 0.15) is 33.6 Å². The van der Waals surface area contributed by atoms with Crippen LogP contribution in [0.3, 0.4) is 0 Å². The van der Waals surface area contributed by atoms with Crippen molar-refractivity contribution in [2.24, 2.45) is 0 Å². The van der Waals surface area contributed by atoms with E-state index in [2.05, 4.69) is 40.6 Å². The van der Waals surface area contributed by atoms with Crippen LogP contribution in [0, 0.1) is 0 Å². The van der Waals surface area contributed by atoms with Crippen molar-refractivity contribution in [1.82, 2.24) is 10.2 Å². The number of rotatable bonds is 8. The van der Waals surface area contributed by atoms with Crippen LogP contribution < -0.4 is 5.32 Å². The highest BCUT2D eigenvalue weighted by Crippen LogP contribution is 2.17. The van der Waals surface area contributed by atoms with Gasteiger partial charge in [0.05, 0.1) is 13.0 Å². The Bertz CT molecular complexity index is 764. The molecule has 29 heavy (non-hydrogen) atoms. The maximum Gasteiger partial charge on any atom is 0.324 e. The van der Waals surface area contributed by atoms with Gasteiger partial charge in [0, 0.05) is 50.3 Å². The number of aliphatic hydroxyl groups is 1. The fourth-order valence-electron chi connectivity index (χ4n) is 3.07. The third-order valence-corrected chi connectivity index (χ3v) is 4.72. The first kappa shape index (κ1) is 24.3. The van der Waals surface area contributed by atoms with Crippen molar-refractivity contribution >= 4 is 11.4 Å². The van der Waals surface area contributed by atoms with Crippen LogP contribution in [-0.4, -0.2) is 70.5 Å². The summed E-state index contributed by atoms with van der Waals surface area (Å²) < 4.78 is 5.22. The third-order valence-electron chi connectivity index (χ3n) is 4.72. The minimum absolute atomic E-state index is 0.107. The van der Waals surface area contributed by atoms with Crippen molar-refractivity contribution in [2.75, 3.05) is 33.4 Å². The lowest BCUT2D eigenvalue weighted by Crippen LogP contribution is -2.29. The summed E-state index contributed by atoms with van der Waals surface area (Å²) in [6, 6.07) is 0. The summed E-state index contributed by atoms with van der Waals surface area (Å²) in [7, 11) is 1.60. The Labute approximate surface area is 173 Å². The van der Waals surface area contributed by atoms with Crippen LogP contribution >= 0.6 is 0 Å². The molecule has 0 bridgehead atoms. The highest BCUT2D eigenvalue weighted by molar-refractivity contribution is 5.97. The van der Waals surface area contributed by atoms with E-state index in [0.717, 1.165) is 30.9 Å². The summed E-state index contributed by atoms with van der Waals surface area (Å²) in [6.07, 6.45) is 10.7. The van der Waals surface area contributed by atoms with Crippen LogP contribution in [0.15, 0.2) is 47.3 Å². The predicted octanol–water partition coefficient (Wildman–Crippen LogP) is 2.33. The van der Waals surface area contributed by atoms with Gasteiger partial charge in [-0.3, -0.25) is 0 Å². The van der Waals surface area contributed by atoms with E-state index in [0.29, 0.717) is 24.4 Å². The molecule has 0 aliphatic heterocycles. The molecule has 8 nitrogen and oxygen atoms in total. The Kier molecular flexibility index (Phi) is 11.2. The van der Waals surface area contributed by atoms with E-state index in [1.165, 1.54) is 5.57 Å². The smallest absolute Gasteiger partial charge is 0.324 e. The monoisotopic (exact) mass is 400 g/mol. The molecule has 0 spiro atoms. The lowest BCUT2D eigenvalue weighted by atomic mass is 10.00. The van der Waals surface area contributed by atoms with E-state index in [4.69, 9.17) is 20.9 Å². The van der Waals surface area contributed by atoms with Crippen LogP contribution in [0.2, 0.25) is 0 Å². The summed E-state index contributed by atoms with van der Waals surface area (Å²) in [6.45, 7) is 8.83. The van der Waals surface area contributed by atoms with Crippen LogP contribution in [0.25, 0.3) is 11.1 Å². The Balaban J connectivity index is 0.000000291. The molecule has 0 radical (unpaired) electrons. The van der Waals surface area contributed by atoms with Crippen LogP contribution in [0.5, 0.6) is 0 Å². The zero-order valence-electron chi connectivity index (χ0n) is 17.8. The molecule has 158 valence electrons. The van der Waals surface area contributed by atoms with Gasteiger partial charge in [-0.05, 0) is 44.1 Å². The van der Waals surface area contributed by atoms with Gasteiger partial charge in [0.25, 0.3) is 5.71 Å². The maximum atomic E-state index is 8.75. The molecule has 8 heteroatoms. The Morgan fingerprint density at radius 3 is 2.38 bits per heavy atom. The summed E-state index contributed by atoms with van der Waals surface area (Å²) in [5.41, 5.74) is 21.9. The average molecular weight is 401 g/mol. The number of nitrogens with zero attached hydrogens (tertiary/aromatic N) is 5. The molecule has 1 atom stereocenters. The van der Waals surface area contributed by atoms with Gasteiger partial charge in [0.1, 0.15) is 0 Å². The number of allylic oxidation sites excluding steroid dienone is 5. The van der Waals surface area contributed by atoms with Gasteiger partial charge in [-0.25, -0.2) is 0 Å². The summed E-state index contributed by atoms with van der Waals surface area (Å²) in [5, 5.41) is 11.8. The summed E-state index contributed by atoms with van der Waals surface area (Å²) >= 11 is 0. The molecule has 0 fully saturated rings. The zero-order chi connectivity index (χ0) is 21.6. The normalized spacial score (nSPS) is 17.8. The zero-order valence-corrected chi connectivity index (χ0v) is 17.8. The molecule has 2 N–H and O–H groups in total. The number of methoxy groups -OCH3 is 1. The first-order valence-electron chi connectivity index (χ1n) is 9.93. The number of nitrogens with one attached hydrogen (secondary N) is 1.